The Balaban J connectivity index is 1.30. The van der Waals surface area contributed by atoms with Crippen molar-refractivity contribution in [3.8, 4) is 0 Å². The van der Waals surface area contributed by atoms with Crippen LogP contribution in [0.3, 0.4) is 0 Å². The molecule has 1 aromatic rings. The highest BCUT2D eigenvalue weighted by atomic mass is 32.1. The molecule has 1 N–H and O–H groups in total. The molecule has 0 spiro atoms. The van der Waals surface area contributed by atoms with Crippen molar-refractivity contribution in [1.29, 1.82) is 0 Å². The Morgan fingerprint density at radius 1 is 1.32 bits per heavy atom. The largest absolute Gasteiger partial charge is 0.393 e. The minimum absolute atomic E-state index is 0.0860. The number of hydrogen-bond acceptors (Lipinski definition) is 5. The number of fused-ring (bicyclic) bond motifs is 1. The van der Waals surface area contributed by atoms with Gasteiger partial charge in [0, 0.05) is 44.0 Å². The molecule has 0 unspecified atom stereocenters. The molecule has 1 aromatic heterocycles. The maximum absolute atomic E-state index is 12.4. The van der Waals surface area contributed by atoms with Gasteiger partial charge in [0.25, 0.3) is 0 Å². The van der Waals surface area contributed by atoms with E-state index in [-0.39, 0.29) is 17.9 Å². The number of likely N-dealkylation sites (tertiary alicyclic amines) is 2. The quantitative estimate of drug-likeness (QED) is 0.906. The number of carbonyl (C=O) groups is 1. The van der Waals surface area contributed by atoms with E-state index in [4.69, 9.17) is 0 Å². The van der Waals surface area contributed by atoms with E-state index in [1.54, 1.807) is 11.3 Å². The lowest BCUT2D eigenvalue weighted by atomic mass is 9.81. The fraction of sp³-hybridized carbons (Fsp3) is 0.750. The van der Waals surface area contributed by atoms with Gasteiger partial charge in [-0.25, -0.2) is 4.98 Å². The summed E-state index contributed by atoms with van der Waals surface area (Å²) in [6.07, 6.45) is 1.09. The van der Waals surface area contributed by atoms with Crippen LogP contribution in [0.4, 0.5) is 0 Å². The Kier molecular flexibility index (Phi) is 3.71. The highest BCUT2D eigenvalue weighted by Gasteiger charge is 2.44. The monoisotopic (exact) mass is 321 g/mol. The molecular formula is C16H23N3O2S. The van der Waals surface area contributed by atoms with Crippen LogP contribution in [0.15, 0.2) is 5.38 Å². The Morgan fingerprint density at radius 3 is 2.55 bits per heavy atom. The zero-order chi connectivity index (χ0) is 15.3. The third-order valence-corrected chi connectivity index (χ3v) is 6.21. The van der Waals surface area contributed by atoms with E-state index in [0.717, 1.165) is 37.7 Å². The van der Waals surface area contributed by atoms with E-state index in [1.165, 1.54) is 5.69 Å². The molecular weight excluding hydrogens is 298 g/mol. The summed E-state index contributed by atoms with van der Waals surface area (Å²) in [5, 5.41) is 12.7. The van der Waals surface area contributed by atoms with Crippen LogP contribution in [-0.2, 0) is 11.3 Å². The summed E-state index contributed by atoms with van der Waals surface area (Å²) in [5.74, 6) is 1.60. The van der Waals surface area contributed by atoms with Crippen LogP contribution >= 0.6 is 11.3 Å². The number of rotatable bonds is 3. The summed E-state index contributed by atoms with van der Waals surface area (Å²) in [4.78, 5) is 21.5. The van der Waals surface area contributed by atoms with Gasteiger partial charge in [0.1, 0.15) is 0 Å². The maximum atomic E-state index is 12.4. The lowest BCUT2D eigenvalue weighted by Crippen LogP contribution is -2.43. The number of aliphatic hydroxyl groups is 1. The lowest BCUT2D eigenvalue weighted by molar-refractivity contribution is -0.141. The van der Waals surface area contributed by atoms with Crippen molar-refractivity contribution in [1.82, 2.24) is 14.8 Å². The van der Waals surface area contributed by atoms with Crippen molar-refractivity contribution < 1.29 is 9.90 Å². The van der Waals surface area contributed by atoms with Crippen molar-refractivity contribution in [2.75, 3.05) is 26.2 Å². The molecule has 3 fully saturated rings. The van der Waals surface area contributed by atoms with Crippen LogP contribution in [0, 0.1) is 24.7 Å². The fourth-order valence-electron chi connectivity index (χ4n) is 4.16. The highest BCUT2D eigenvalue weighted by molar-refractivity contribution is 7.09. The zero-order valence-electron chi connectivity index (χ0n) is 12.9. The van der Waals surface area contributed by atoms with E-state index in [9.17, 15) is 9.90 Å². The first-order chi connectivity index (χ1) is 10.6. The van der Waals surface area contributed by atoms with Crippen LogP contribution in [0.5, 0.6) is 0 Å². The predicted octanol–water partition coefficient (Wildman–Crippen LogP) is 1.11. The van der Waals surface area contributed by atoms with Crippen LogP contribution in [0.25, 0.3) is 0 Å². The molecule has 120 valence electrons. The van der Waals surface area contributed by atoms with Gasteiger partial charge >= 0.3 is 0 Å². The minimum Gasteiger partial charge on any atom is -0.393 e. The summed E-state index contributed by atoms with van der Waals surface area (Å²) in [7, 11) is 0. The van der Waals surface area contributed by atoms with E-state index < -0.39 is 0 Å². The third-order valence-electron chi connectivity index (χ3n) is 5.39. The first kappa shape index (κ1) is 14.6. The first-order valence-electron chi connectivity index (χ1n) is 8.18. The van der Waals surface area contributed by atoms with E-state index in [2.05, 4.69) is 20.2 Å². The molecule has 0 bridgehead atoms. The zero-order valence-corrected chi connectivity index (χ0v) is 13.8. The van der Waals surface area contributed by atoms with Crippen molar-refractivity contribution in [3.63, 3.8) is 0 Å². The molecule has 5 nitrogen and oxygen atoms in total. The molecule has 1 saturated carbocycles. The second kappa shape index (κ2) is 5.58. The Labute approximate surface area is 134 Å². The number of aromatic nitrogens is 1. The number of thiazole rings is 1. The second-order valence-corrected chi connectivity index (χ2v) is 8.20. The number of hydrogen-bond donors (Lipinski definition) is 1. The van der Waals surface area contributed by atoms with Crippen LogP contribution in [0.2, 0.25) is 0 Å². The lowest BCUT2D eigenvalue weighted by Gasteiger charge is -2.33. The Hall–Kier alpha value is -0.980. The third kappa shape index (κ3) is 2.68. The Bertz CT molecular complexity index is 555. The normalized spacial score (nSPS) is 34.7. The molecule has 1 amide bonds. The molecule has 2 saturated heterocycles. The summed E-state index contributed by atoms with van der Waals surface area (Å²) in [5.41, 5.74) is 1.18. The number of aryl methyl sites for hydroxylation is 1. The average molecular weight is 321 g/mol. The molecule has 2 aliphatic heterocycles. The molecule has 0 radical (unpaired) electrons. The van der Waals surface area contributed by atoms with E-state index in [0.29, 0.717) is 24.7 Å². The topological polar surface area (TPSA) is 56.7 Å². The van der Waals surface area contributed by atoms with Gasteiger partial charge in [-0.2, -0.15) is 0 Å². The first-order valence-corrected chi connectivity index (χ1v) is 9.06. The fourth-order valence-corrected chi connectivity index (χ4v) is 4.76. The summed E-state index contributed by atoms with van der Waals surface area (Å²) >= 11 is 1.71. The van der Waals surface area contributed by atoms with Gasteiger partial charge in [0.2, 0.25) is 5.91 Å². The van der Waals surface area contributed by atoms with Crippen molar-refractivity contribution >= 4 is 17.2 Å². The van der Waals surface area contributed by atoms with Crippen LogP contribution in [0.1, 0.15) is 23.5 Å². The SMILES string of the molecule is Cc1nc(CN2C[C@@H]3CN(C(=O)C4CC(O)C4)C[C@@H]3C2)cs1. The van der Waals surface area contributed by atoms with Crippen molar-refractivity contribution in [2.24, 2.45) is 17.8 Å². The van der Waals surface area contributed by atoms with Gasteiger partial charge in [-0.1, -0.05) is 0 Å². The van der Waals surface area contributed by atoms with E-state index in [1.807, 2.05) is 6.92 Å². The molecule has 2 atom stereocenters. The minimum atomic E-state index is -0.242. The smallest absolute Gasteiger partial charge is 0.225 e. The number of carbonyl (C=O) groups excluding carboxylic acids is 1. The number of amides is 1. The molecule has 22 heavy (non-hydrogen) atoms. The van der Waals surface area contributed by atoms with Crippen LogP contribution < -0.4 is 0 Å². The van der Waals surface area contributed by atoms with Gasteiger partial charge in [-0.3, -0.25) is 9.69 Å². The summed E-state index contributed by atoms with van der Waals surface area (Å²) in [6.45, 7) is 6.97. The van der Waals surface area contributed by atoms with Gasteiger partial charge in [0.05, 0.1) is 16.8 Å². The van der Waals surface area contributed by atoms with Gasteiger partial charge in [-0.05, 0) is 31.6 Å². The molecule has 6 heteroatoms. The van der Waals surface area contributed by atoms with Crippen molar-refractivity contribution in [3.05, 3.63) is 16.1 Å². The molecule has 4 rings (SSSR count). The van der Waals surface area contributed by atoms with Crippen molar-refractivity contribution in [2.45, 2.75) is 32.4 Å². The standard InChI is InChI=1S/C16H23N3O2S/c1-10-17-14(9-22-10)8-18-4-12-6-19(7-13(12)5-18)16(21)11-2-15(20)3-11/h9,11-13,15,20H,2-8H2,1H3/t11?,12-,13+,15?. The van der Waals surface area contributed by atoms with Gasteiger partial charge < -0.3 is 10.0 Å². The Morgan fingerprint density at radius 2 is 2.00 bits per heavy atom. The summed E-state index contributed by atoms with van der Waals surface area (Å²) < 4.78 is 0. The molecule has 0 aromatic carbocycles. The highest BCUT2D eigenvalue weighted by Crippen LogP contribution is 2.35. The molecule has 3 heterocycles. The number of aliphatic hydroxyl groups excluding tert-OH is 1. The average Bonchev–Trinajstić information content (AvgIpc) is 3.09. The predicted molar refractivity (Wildman–Crippen MR) is 84.4 cm³/mol. The summed E-state index contributed by atoms with van der Waals surface area (Å²) in [6, 6.07) is 0. The van der Waals surface area contributed by atoms with Gasteiger partial charge in [0.15, 0.2) is 0 Å². The van der Waals surface area contributed by atoms with E-state index >= 15 is 0 Å². The number of nitrogens with zero attached hydrogens (tertiary/aromatic N) is 3. The van der Waals surface area contributed by atoms with Crippen LogP contribution in [-0.4, -0.2) is 58.1 Å². The van der Waals surface area contributed by atoms with Gasteiger partial charge in [-0.15, -0.1) is 11.3 Å². The molecule has 3 aliphatic rings. The second-order valence-electron chi connectivity index (χ2n) is 7.14. The molecule has 1 aliphatic carbocycles. The maximum Gasteiger partial charge on any atom is 0.225 e.